The van der Waals surface area contributed by atoms with Crippen molar-refractivity contribution < 1.29 is 30.4 Å². The number of benzene rings is 9. The fraction of sp³-hybridized carbons (Fsp3) is 0.118. The molecule has 12 aromatic rings. The Morgan fingerprint density at radius 3 is 1.82 bits per heavy atom. The summed E-state index contributed by atoms with van der Waals surface area (Å²) in [6.45, 7) is 13.6. The maximum absolute atomic E-state index is 6.88. The van der Waals surface area contributed by atoms with E-state index in [9.17, 15) is 0 Å². The second-order valence-electron chi connectivity index (χ2n) is 21.2. The summed E-state index contributed by atoms with van der Waals surface area (Å²) in [6.07, 6.45) is 5.78. The summed E-state index contributed by atoms with van der Waals surface area (Å²) in [5, 5.41) is 3.51. The van der Waals surface area contributed by atoms with E-state index in [0.717, 1.165) is 78.2 Å². The Balaban J connectivity index is 0.00000556. The van der Waals surface area contributed by atoms with E-state index in [0.29, 0.717) is 11.5 Å². The Hall–Kier alpha value is -8.11. The molecule has 1 aliphatic rings. The molecule has 0 amide bonds. The van der Waals surface area contributed by atoms with Gasteiger partial charge in [-0.3, -0.25) is 4.57 Å². The van der Waals surface area contributed by atoms with Gasteiger partial charge in [0, 0.05) is 50.0 Å². The summed E-state index contributed by atoms with van der Waals surface area (Å²) >= 11 is 0. The molecule has 0 saturated heterocycles. The number of imidazole rings is 1. The number of hydrogen-bond acceptors (Lipinski definition) is 2. The van der Waals surface area contributed by atoms with Gasteiger partial charge in [0.05, 0.1) is 16.7 Å². The summed E-state index contributed by atoms with van der Waals surface area (Å²) in [4.78, 5) is 5.11. The first-order valence-electron chi connectivity index (χ1n) is 25.1. The van der Waals surface area contributed by atoms with Crippen LogP contribution in [0.2, 0.25) is 0 Å². The minimum Gasteiger partial charge on any atom is -0.510 e. The summed E-state index contributed by atoms with van der Waals surface area (Å²) in [6, 6.07) is 78.8. The molecular formula is C68H52N4OPt-2. The number of nitrogens with zero attached hydrogens (tertiary/aromatic N) is 4. The Labute approximate surface area is 447 Å². The molecule has 9 aromatic carbocycles. The SMILES string of the molecule is CC(C)(C)c1ccnc(-n2c3c(c4ccc(Oc5[c-]c(-n6[c-][n+](-c7c(-c8ccccc8)cc(C(C)(C)C)cc7-c7ccccc7)c7ccccc76)ccc5)[c-]c42)-c2cccc4cccc(c24)-c2ccccc2-3)c1.[Pt]. The summed E-state index contributed by atoms with van der Waals surface area (Å²) in [5.74, 6) is 1.96. The molecule has 3 heterocycles. The molecule has 6 heteroatoms. The number of pyridine rings is 1. The first-order chi connectivity index (χ1) is 35.5. The average Bonchev–Trinajstić information content (AvgIpc) is 3.93. The molecule has 5 nitrogen and oxygen atoms in total. The smallest absolute Gasteiger partial charge is 0.268 e. The third-order valence-electron chi connectivity index (χ3n) is 14.5. The maximum Gasteiger partial charge on any atom is 0.268 e. The normalized spacial score (nSPS) is 12.1. The van der Waals surface area contributed by atoms with Crippen molar-refractivity contribution in [1.29, 1.82) is 0 Å². The molecule has 3 aromatic heterocycles. The van der Waals surface area contributed by atoms with E-state index in [2.05, 4.69) is 256 Å². The molecule has 13 rings (SSSR count). The number of rotatable bonds is 7. The number of ether oxygens (including phenoxy) is 1. The molecule has 0 N–H and O–H groups in total. The summed E-state index contributed by atoms with van der Waals surface area (Å²) in [5.41, 5.74) is 18.5. The quantitative estimate of drug-likeness (QED) is 0.118. The predicted octanol–water partition coefficient (Wildman–Crippen LogP) is 16.8. The van der Waals surface area contributed by atoms with E-state index >= 15 is 0 Å². The molecule has 0 radical (unpaired) electrons. The number of fused-ring (bicyclic) bond motifs is 8. The largest absolute Gasteiger partial charge is 0.510 e. The van der Waals surface area contributed by atoms with Crippen LogP contribution in [0.3, 0.4) is 0 Å². The second-order valence-corrected chi connectivity index (χ2v) is 21.2. The number of aromatic nitrogens is 4. The predicted molar refractivity (Wildman–Crippen MR) is 298 cm³/mol. The third kappa shape index (κ3) is 7.90. The Morgan fingerprint density at radius 1 is 0.514 bits per heavy atom. The Morgan fingerprint density at radius 2 is 1.12 bits per heavy atom. The van der Waals surface area contributed by atoms with Gasteiger partial charge in [-0.25, -0.2) is 4.98 Å². The molecule has 0 atom stereocenters. The minimum absolute atomic E-state index is 0. The standard InChI is InChI=1S/C68H52N4O.Pt/c1-67(2,3)47-36-37-69-62(40-47)72-61-42-51(34-35-55(61)64-56-31-18-25-46-24-17-30-53(63(46)56)52-28-13-14-29-54(52)66(64)72)73-50-27-19-26-49(41-50)70-43-71(60-33-16-15-32-59(60)70)65-57(44-20-9-7-10-21-44)38-48(68(4,5)6)39-58(65)45-22-11-8-12-23-45;/h7-40H,1-6H3;/q-2;. The van der Waals surface area contributed by atoms with Crippen molar-refractivity contribution in [2.75, 3.05) is 0 Å². The maximum atomic E-state index is 6.88. The molecular weight excluding hydrogens is 1080 g/mol. The van der Waals surface area contributed by atoms with Gasteiger partial charge in [0.1, 0.15) is 5.82 Å². The van der Waals surface area contributed by atoms with Gasteiger partial charge in [0.2, 0.25) is 0 Å². The summed E-state index contributed by atoms with van der Waals surface area (Å²) < 4.78 is 13.5. The van der Waals surface area contributed by atoms with Crippen LogP contribution in [0.15, 0.2) is 206 Å². The molecule has 1 aliphatic carbocycles. The fourth-order valence-electron chi connectivity index (χ4n) is 10.8. The van der Waals surface area contributed by atoms with Crippen LogP contribution in [0.1, 0.15) is 52.7 Å². The summed E-state index contributed by atoms with van der Waals surface area (Å²) in [7, 11) is 0. The second kappa shape index (κ2) is 18.1. The molecule has 0 fully saturated rings. The monoisotopic (exact) mass is 1140 g/mol. The van der Waals surface area contributed by atoms with Gasteiger partial charge in [-0.1, -0.05) is 205 Å². The molecule has 0 aliphatic heterocycles. The van der Waals surface area contributed by atoms with Crippen LogP contribution in [0.5, 0.6) is 11.5 Å². The first-order valence-corrected chi connectivity index (χ1v) is 25.1. The van der Waals surface area contributed by atoms with E-state index < -0.39 is 0 Å². The topological polar surface area (TPSA) is 35.9 Å². The molecule has 0 bridgehead atoms. The third-order valence-corrected chi connectivity index (χ3v) is 14.5. The van der Waals surface area contributed by atoms with Crippen molar-refractivity contribution in [3.05, 3.63) is 236 Å². The van der Waals surface area contributed by atoms with Gasteiger partial charge in [-0.15, -0.1) is 29.7 Å². The van der Waals surface area contributed by atoms with Crippen LogP contribution in [0.25, 0.3) is 106 Å². The van der Waals surface area contributed by atoms with Crippen LogP contribution in [-0.2, 0) is 31.9 Å². The van der Waals surface area contributed by atoms with Crippen molar-refractivity contribution in [3.63, 3.8) is 0 Å². The fourth-order valence-corrected chi connectivity index (χ4v) is 10.8. The van der Waals surface area contributed by atoms with E-state index in [1.165, 1.54) is 38.6 Å². The van der Waals surface area contributed by atoms with Crippen molar-refractivity contribution in [2.45, 2.75) is 52.4 Å². The molecule has 0 saturated carbocycles. The van der Waals surface area contributed by atoms with Gasteiger partial charge >= 0.3 is 0 Å². The molecule has 74 heavy (non-hydrogen) atoms. The van der Waals surface area contributed by atoms with Gasteiger partial charge in [-0.2, -0.15) is 18.2 Å². The Bertz CT molecular complexity index is 4070. The zero-order valence-corrected chi connectivity index (χ0v) is 44.4. The van der Waals surface area contributed by atoms with Gasteiger partial charge < -0.3 is 13.9 Å². The van der Waals surface area contributed by atoms with Crippen molar-refractivity contribution >= 4 is 32.7 Å². The van der Waals surface area contributed by atoms with E-state index in [4.69, 9.17) is 9.72 Å². The molecule has 0 spiro atoms. The number of hydrogen-bond donors (Lipinski definition) is 0. The van der Waals surface area contributed by atoms with Crippen LogP contribution < -0.4 is 9.30 Å². The molecule has 0 unspecified atom stereocenters. The minimum atomic E-state index is -0.0941. The number of para-hydroxylation sites is 2. The van der Waals surface area contributed by atoms with E-state index in [-0.39, 0.29) is 31.9 Å². The average molecular weight is 1140 g/mol. The van der Waals surface area contributed by atoms with Crippen LogP contribution in [-0.4, -0.2) is 14.1 Å². The van der Waals surface area contributed by atoms with Gasteiger partial charge in [0.15, 0.2) is 0 Å². The van der Waals surface area contributed by atoms with Crippen molar-refractivity contribution in [3.8, 4) is 84.5 Å². The van der Waals surface area contributed by atoms with Crippen LogP contribution in [0.4, 0.5) is 0 Å². The van der Waals surface area contributed by atoms with E-state index in [1.54, 1.807) is 0 Å². The van der Waals surface area contributed by atoms with Crippen molar-refractivity contribution in [2.24, 2.45) is 0 Å². The van der Waals surface area contributed by atoms with Crippen LogP contribution >= 0.6 is 0 Å². The Kier molecular flexibility index (Phi) is 11.5. The first kappa shape index (κ1) is 46.9. The van der Waals surface area contributed by atoms with Gasteiger partial charge in [0.25, 0.3) is 6.33 Å². The van der Waals surface area contributed by atoms with Crippen LogP contribution in [0, 0.1) is 18.5 Å². The zero-order chi connectivity index (χ0) is 49.6. The zero-order valence-electron chi connectivity index (χ0n) is 42.1. The van der Waals surface area contributed by atoms with Gasteiger partial charge in [-0.05, 0) is 95.1 Å². The molecule has 362 valence electrons. The van der Waals surface area contributed by atoms with Crippen molar-refractivity contribution in [1.82, 2.24) is 14.1 Å². The van der Waals surface area contributed by atoms with E-state index in [1.807, 2.05) is 24.4 Å².